The summed E-state index contributed by atoms with van der Waals surface area (Å²) in [5.41, 5.74) is 17.1. The molecule has 0 spiro atoms. The number of benzene rings is 2. The second-order valence-corrected chi connectivity index (χ2v) is 12.4. The van der Waals surface area contributed by atoms with Crippen molar-refractivity contribution in [1.82, 2.24) is 0 Å². The molecule has 0 nitrogen and oxygen atoms in total. The molecule has 0 N–H and O–H groups in total. The third kappa shape index (κ3) is 6.01. The van der Waals surface area contributed by atoms with Crippen LogP contribution in [-0.2, 0) is 0 Å². The van der Waals surface area contributed by atoms with E-state index in [9.17, 15) is 0 Å². The fourth-order valence-corrected chi connectivity index (χ4v) is 4.76. The molecule has 0 amide bonds. The van der Waals surface area contributed by atoms with Gasteiger partial charge in [0.05, 0.1) is 0 Å². The average Bonchev–Trinajstić information content (AvgIpc) is 2.71. The Hall–Kier alpha value is -2.34. The SMILES string of the molecule is Cc1c(C)c(-c2c(C)c(C)c(/C=C/C(C)(C)C)c(C)c2C)c(C)c(C)c1/C=C/C=C/C(C)(C)C. The first-order valence-corrected chi connectivity index (χ1v) is 12.7. The molecule has 0 aliphatic rings. The van der Waals surface area contributed by atoms with Crippen LogP contribution in [-0.4, -0.2) is 0 Å². The summed E-state index contributed by atoms with van der Waals surface area (Å²) in [5.74, 6) is 0. The third-order valence-electron chi connectivity index (χ3n) is 7.34. The molecule has 0 atom stereocenters. The van der Waals surface area contributed by atoms with E-state index in [1.165, 1.54) is 66.8 Å². The lowest BCUT2D eigenvalue weighted by atomic mass is 9.79. The highest BCUT2D eigenvalue weighted by Gasteiger charge is 2.21. The van der Waals surface area contributed by atoms with E-state index in [2.05, 4.69) is 133 Å². The van der Waals surface area contributed by atoms with Crippen LogP contribution in [0.2, 0.25) is 0 Å². The van der Waals surface area contributed by atoms with E-state index >= 15 is 0 Å². The Morgan fingerprint density at radius 3 is 1.03 bits per heavy atom. The predicted octanol–water partition coefficient (Wildman–Crippen LogP) is 10.5. The molecular formula is C34H48. The summed E-state index contributed by atoms with van der Waals surface area (Å²) in [5, 5.41) is 0. The van der Waals surface area contributed by atoms with E-state index in [1.807, 2.05) is 0 Å². The Kier molecular flexibility index (Phi) is 8.29. The first-order valence-electron chi connectivity index (χ1n) is 12.7. The maximum Gasteiger partial charge on any atom is -0.0114 e. The van der Waals surface area contributed by atoms with Crippen LogP contribution >= 0.6 is 0 Å². The second kappa shape index (κ2) is 10.1. The molecule has 0 aliphatic heterocycles. The summed E-state index contributed by atoms with van der Waals surface area (Å²) in [6.07, 6.45) is 13.6. The molecule has 2 rings (SSSR count). The van der Waals surface area contributed by atoms with Crippen LogP contribution in [0.25, 0.3) is 23.3 Å². The van der Waals surface area contributed by atoms with E-state index in [0.29, 0.717) is 0 Å². The summed E-state index contributed by atoms with van der Waals surface area (Å²) >= 11 is 0. The van der Waals surface area contributed by atoms with Crippen LogP contribution in [0.1, 0.15) is 97.2 Å². The van der Waals surface area contributed by atoms with Crippen molar-refractivity contribution in [3.63, 3.8) is 0 Å². The van der Waals surface area contributed by atoms with Gasteiger partial charge in [0.1, 0.15) is 0 Å². The van der Waals surface area contributed by atoms with Gasteiger partial charge in [-0.3, -0.25) is 0 Å². The highest BCUT2D eigenvalue weighted by atomic mass is 14.3. The van der Waals surface area contributed by atoms with Crippen LogP contribution < -0.4 is 0 Å². The van der Waals surface area contributed by atoms with Gasteiger partial charge in [-0.05, 0) is 133 Å². The minimum absolute atomic E-state index is 0.173. The zero-order valence-corrected chi connectivity index (χ0v) is 24.5. The molecule has 0 aromatic heterocycles. The third-order valence-corrected chi connectivity index (χ3v) is 7.34. The fourth-order valence-electron chi connectivity index (χ4n) is 4.76. The molecule has 0 radical (unpaired) electrons. The average molecular weight is 457 g/mol. The second-order valence-electron chi connectivity index (χ2n) is 12.4. The van der Waals surface area contributed by atoms with E-state index in [1.54, 1.807) is 0 Å². The molecule has 184 valence electrons. The maximum absolute atomic E-state index is 2.34. The van der Waals surface area contributed by atoms with Crippen LogP contribution in [0.5, 0.6) is 0 Å². The molecule has 34 heavy (non-hydrogen) atoms. The number of allylic oxidation sites excluding steroid dienone is 4. The van der Waals surface area contributed by atoms with Gasteiger partial charge in [-0.1, -0.05) is 78.0 Å². The fraction of sp³-hybridized carbons (Fsp3) is 0.471. The van der Waals surface area contributed by atoms with Crippen molar-refractivity contribution in [2.24, 2.45) is 10.8 Å². The first-order chi connectivity index (χ1) is 15.5. The van der Waals surface area contributed by atoms with Crippen molar-refractivity contribution in [3.8, 4) is 11.1 Å². The van der Waals surface area contributed by atoms with Gasteiger partial charge < -0.3 is 0 Å². The Labute approximate surface area is 210 Å². The Balaban J connectivity index is 2.75. The van der Waals surface area contributed by atoms with E-state index in [0.717, 1.165) is 0 Å². The van der Waals surface area contributed by atoms with Crippen LogP contribution in [0.15, 0.2) is 24.3 Å². The van der Waals surface area contributed by atoms with Crippen molar-refractivity contribution in [3.05, 3.63) is 79.9 Å². The lowest BCUT2D eigenvalue weighted by Crippen LogP contribution is -2.06. The zero-order valence-electron chi connectivity index (χ0n) is 24.5. The van der Waals surface area contributed by atoms with Crippen molar-refractivity contribution in [1.29, 1.82) is 0 Å². The molecular weight excluding hydrogens is 408 g/mol. The molecule has 0 unspecified atom stereocenters. The molecule has 0 saturated heterocycles. The summed E-state index contributed by atoms with van der Waals surface area (Å²) < 4.78 is 0. The van der Waals surface area contributed by atoms with Crippen molar-refractivity contribution < 1.29 is 0 Å². The van der Waals surface area contributed by atoms with E-state index < -0.39 is 0 Å². The van der Waals surface area contributed by atoms with Crippen LogP contribution in [0.3, 0.4) is 0 Å². The predicted molar refractivity (Wildman–Crippen MR) is 156 cm³/mol. The van der Waals surface area contributed by atoms with E-state index in [4.69, 9.17) is 0 Å². The topological polar surface area (TPSA) is 0 Å². The summed E-state index contributed by atoms with van der Waals surface area (Å²) in [4.78, 5) is 0. The van der Waals surface area contributed by atoms with Gasteiger partial charge >= 0.3 is 0 Å². The highest BCUT2D eigenvalue weighted by Crippen LogP contribution is 2.41. The molecule has 2 aromatic rings. The van der Waals surface area contributed by atoms with Gasteiger partial charge in [-0.2, -0.15) is 0 Å². The van der Waals surface area contributed by atoms with Crippen molar-refractivity contribution in [2.45, 2.75) is 96.9 Å². The minimum atomic E-state index is 0.173. The van der Waals surface area contributed by atoms with Gasteiger partial charge in [0.25, 0.3) is 0 Å². The Morgan fingerprint density at radius 1 is 0.382 bits per heavy atom. The lowest BCUT2D eigenvalue weighted by molar-refractivity contribution is 0.544. The van der Waals surface area contributed by atoms with Gasteiger partial charge in [0, 0.05) is 0 Å². The smallest absolute Gasteiger partial charge is 0.0114 e. The molecule has 0 heterocycles. The monoisotopic (exact) mass is 456 g/mol. The molecule has 0 saturated carbocycles. The number of hydrogen-bond acceptors (Lipinski definition) is 0. The van der Waals surface area contributed by atoms with Crippen LogP contribution in [0, 0.1) is 66.2 Å². The molecule has 0 aliphatic carbocycles. The standard InChI is InChI=1S/C34H48/c1-21-25(5)31(26(6)22(2)29(21)17-15-16-19-33(9,10)11)32-27(7)23(3)30(24(4)28(32)8)18-20-34(12,13)14/h15-20H,1-14H3/b17-15+,19-16+,20-18+. The van der Waals surface area contributed by atoms with Gasteiger partial charge in [-0.25, -0.2) is 0 Å². The first kappa shape index (κ1) is 27.9. The molecule has 0 fully saturated rings. The van der Waals surface area contributed by atoms with Gasteiger partial charge in [0.15, 0.2) is 0 Å². The highest BCUT2D eigenvalue weighted by molar-refractivity contribution is 5.84. The van der Waals surface area contributed by atoms with Gasteiger partial charge in [-0.15, -0.1) is 0 Å². The number of hydrogen-bond donors (Lipinski definition) is 0. The summed E-state index contributed by atoms with van der Waals surface area (Å²) in [6, 6.07) is 0. The number of rotatable bonds is 4. The Morgan fingerprint density at radius 2 is 0.706 bits per heavy atom. The van der Waals surface area contributed by atoms with Crippen molar-refractivity contribution in [2.75, 3.05) is 0 Å². The van der Waals surface area contributed by atoms with Gasteiger partial charge in [0.2, 0.25) is 0 Å². The van der Waals surface area contributed by atoms with Crippen molar-refractivity contribution >= 4 is 12.2 Å². The Bertz CT molecular complexity index is 1100. The largest absolute Gasteiger partial charge is 0.0791 e. The summed E-state index contributed by atoms with van der Waals surface area (Å²) in [7, 11) is 0. The van der Waals surface area contributed by atoms with E-state index in [-0.39, 0.29) is 10.8 Å². The summed E-state index contributed by atoms with van der Waals surface area (Å²) in [6.45, 7) is 31.8. The molecule has 0 bridgehead atoms. The minimum Gasteiger partial charge on any atom is -0.0791 e. The van der Waals surface area contributed by atoms with Crippen LogP contribution in [0.4, 0.5) is 0 Å². The molecule has 0 heteroatoms. The molecule has 2 aromatic carbocycles. The lowest BCUT2D eigenvalue weighted by Gasteiger charge is -2.25. The quantitative estimate of drug-likeness (QED) is 0.401. The zero-order chi connectivity index (χ0) is 26.2. The normalized spacial score (nSPS) is 13.2. The maximum atomic E-state index is 2.34.